The van der Waals surface area contributed by atoms with Crippen LogP contribution in [-0.2, 0) is 13.6 Å². The number of aromatic amines is 1. The van der Waals surface area contributed by atoms with Gasteiger partial charge in [0.1, 0.15) is 11.9 Å². The Kier molecular flexibility index (Phi) is 7.12. The zero-order valence-corrected chi connectivity index (χ0v) is 20.2. The molecule has 4 aromatic rings. The summed E-state index contributed by atoms with van der Waals surface area (Å²) in [6.45, 7) is 1.41. The summed E-state index contributed by atoms with van der Waals surface area (Å²) in [5, 5.41) is 9.79. The van der Waals surface area contributed by atoms with E-state index in [2.05, 4.69) is 9.97 Å². The van der Waals surface area contributed by atoms with Crippen molar-refractivity contribution < 1.29 is 27.8 Å². The molecule has 2 atom stereocenters. The molecule has 9 nitrogen and oxygen atoms in total. The molecule has 4 rings (SSSR count). The summed E-state index contributed by atoms with van der Waals surface area (Å²) >= 11 is 0. The van der Waals surface area contributed by atoms with Crippen molar-refractivity contribution >= 4 is 11.2 Å². The van der Waals surface area contributed by atoms with Crippen molar-refractivity contribution in [2.24, 2.45) is 7.05 Å². The first kappa shape index (κ1) is 26.0. The molecule has 0 amide bonds. The van der Waals surface area contributed by atoms with E-state index in [0.29, 0.717) is 17.0 Å². The normalized spacial score (nSPS) is 13.5. The Bertz CT molecular complexity index is 1520. The number of alkyl halides is 3. The zero-order chi connectivity index (χ0) is 26.9. The molecule has 0 aliphatic carbocycles. The number of aliphatic hydroxyl groups is 1. The van der Waals surface area contributed by atoms with Crippen molar-refractivity contribution in [3.8, 4) is 22.9 Å². The van der Waals surface area contributed by atoms with Gasteiger partial charge in [0.05, 0.1) is 26.2 Å². The predicted octanol–water partition coefficient (Wildman–Crippen LogP) is 3.55. The molecule has 2 aromatic heterocycles. The molecule has 37 heavy (non-hydrogen) atoms. The second kappa shape index (κ2) is 10.1. The first-order valence-electron chi connectivity index (χ1n) is 11.3. The van der Waals surface area contributed by atoms with Crippen LogP contribution in [0.1, 0.15) is 25.0 Å². The number of hydrogen-bond donors (Lipinski definition) is 2. The molecule has 0 saturated heterocycles. The highest BCUT2D eigenvalue weighted by Crippen LogP contribution is 2.38. The van der Waals surface area contributed by atoms with Gasteiger partial charge in [0, 0.05) is 12.6 Å². The van der Waals surface area contributed by atoms with E-state index in [1.165, 1.54) is 35.3 Å². The number of rotatable bonds is 8. The summed E-state index contributed by atoms with van der Waals surface area (Å²) < 4.78 is 53.7. The smallest absolute Gasteiger partial charge is 0.392 e. The highest BCUT2D eigenvalue weighted by molar-refractivity contribution is 5.77. The van der Waals surface area contributed by atoms with Gasteiger partial charge in [-0.25, -0.2) is 9.78 Å². The third kappa shape index (κ3) is 5.53. The van der Waals surface area contributed by atoms with Crippen LogP contribution < -0.4 is 20.7 Å². The minimum Gasteiger partial charge on any atom is -0.493 e. The van der Waals surface area contributed by atoms with E-state index in [4.69, 9.17) is 9.47 Å². The maximum atomic E-state index is 13.3. The quantitative estimate of drug-likeness (QED) is 0.369. The van der Waals surface area contributed by atoms with Crippen LogP contribution in [0.15, 0.2) is 58.1 Å². The summed E-state index contributed by atoms with van der Waals surface area (Å²) in [6, 6.07) is 12.6. The summed E-state index contributed by atoms with van der Waals surface area (Å²) in [7, 11) is 2.94. The average molecular weight is 518 g/mol. The van der Waals surface area contributed by atoms with Crippen LogP contribution >= 0.6 is 0 Å². The van der Waals surface area contributed by atoms with E-state index in [0.717, 1.165) is 0 Å². The number of hydrogen-bond acceptors (Lipinski definition) is 6. The fourth-order valence-electron chi connectivity index (χ4n) is 4.10. The Labute approximate surface area is 208 Å². The largest absolute Gasteiger partial charge is 0.493 e. The van der Waals surface area contributed by atoms with Crippen molar-refractivity contribution in [3.05, 3.63) is 74.9 Å². The molecule has 0 aliphatic heterocycles. The first-order chi connectivity index (χ1) is 17.5. The number of aromatic nitrogens is 4. The minimum atomic E-state index is -4.46. The van der Waals surface area contributed by atoms with Crippen molar-refractivity contribution in [1.29, 1.82) is 0 Å². The molecule has 196 valence electrons. The lowest BCUT2D eigenvalue weighted by molar-refractivity contribution is -0.151. The SMILES string of the molecule is COc1cc(-c2nc3c(c(=O)[nH]c(=O)n3CC(C)O)n2C)ccc1OC(CC(F)(F)F)c1ccccc1. The summed E-state index contributed by atoms with van der Waals surface area (Å²) in [4.78, 5) is 31.6. The van der Waals surface area contributed by atoms with Crippen molar-refractivity contribution in [2.75, 3.05) is 7.11 Å². The third-order valence-electron chi connectivity index (χ3n) is 5.74. The molecule has 12 heteroatoms. The van der Waals surface area contributed by atoms with Crippen LogP contribution in [0.3, 0.4) is 0 Å². The molecule has 2 aromatic carbocycles. The molecule has 0 spiro atoms. The fraction of sp³-hybridized carbons (Fsp3) is 0.320. The van der Waals surface area contributed by atoms with Crippen molar-refractivity contribution in [2.45, 2.75) is 38.3 Å². The Morgan fingerprint density at radius 3 is 2.43 bits per heavy atom. The fourth-order valence-corrected chi connectivity index (χ4v) is 4.10. The molecule has 0 aliphatic rings. The molecule has 2 N–H and O–H groups in total. The van der Waals surface area contributed by atoms with Gasteiger partial charge in [-0.2, -0.15) is 13.2 Å². The van der Waals surface area contributed by atoms with Gasteiger partial charge in [-0.1, -0.05) is 30.3 Å². The van der Waals surface area contributed by atoms with Crippen LogP contribution in [0.5, 0.6) is 11.5 Å². The first-order valence-corrected chi connectivity index (χ1v) is 11.3. The number of benzene rings is 2. The lowest BCUT2D eigenvalue weighted by Crippen LogP contribution is -2.33. The Morgan fingerprint density at radius 1 is 1.11 bits per heavy atom. The summed E-state index contributed by atoms with van der Waals surface area (Å²) in [6.07, 6.45) is -7.83. The van der Waals surface area contributed by atoms with Crippen LogP contribution in [0.25, 0.3) is 22.6 Å². The van der Waals surface area contributed by atoms with Crippen LogP contribution in [0.4, 0.5) is 13.2 Å². The number of nitrogens with one attached hydrogen (secondary N) is 1. The third-order valence-corrected chi connectivity index (χ3v) is 5.74. The second-order valence-electron chi connectivity index (χ2n) is 8.59. The minimum absolute atomic E-state index is 0.0840. The van der Waals surface area contributed by atoms with E-state index in [1.54, 1.807) is 43.4 Å². The topological polar surface area (TPSA) is 111 Å². The molecule has 0 saturated carbocycles. The highest BCUT2D eigenvalue weighted by atomic mass is 19.4. The van der Waals surface area contributed by atoms with E-state index in [-0.39, 0.29) is 29.2 Å². The number of fused-ring (bicyclic) bond motifs is 1. The van der Waals surface area contributed by atoms with E-state index in [1.807, 2.05) is 0 Å². The lowest BCUT2D eigenvalue weighted by atomic mass is 10.1. The molecule has 0 radical (unpaired) electrons. The average Bonchev–Trinajstić information content (AvgIpc) is 3.18. The second-order valence-corrected chi connectivity index (χ2v) is 8.59. The molecule has 2 heterocycles. The number of nitrogens with zero attached hydrogens (tertiary/aromatic N) is 3. The van der Waals surface area contributed by atoms with E-state index in [9.17, 15) is 27.9 Å². The van der Waals surface area contributed by atoms with Gasteiger partial charge < -0.3 is 19.1 Å². The number of aliphatic hydroxyl groups excluding tert-OH is 1. The van der Waals surface area contributed by atoms with Gasteiger partial charge in [0.15, 0.2) is 22.7 Å². The van der Waals surface area contributed by atoms with Crippen molar-refractivity contribution in [3.63, 3.8) is 0 Å². The zero-order valence-electron chi connectivity index (χ0n) is 20.2. The standard InChI is InChI=1S/C25H25F3N4O5/c1-14(33)13-32-22-20(23(34)30-24(32)35)31(2)21(29-22)16-9-10-17(18(11-16)36-3)37-19(12-25(26,27)28)15-7-5-4-6-8-15/h4-11,14,19,33H,12-13H2,1-3H3,(H,30,34,35). The van der Waals surface area contributed by atoms with Gasteiger partial charge >= 0.3 is 11.9 Å². The molecule has 0 bridgehead atoms. The van der Waals surface area contributed by atoms with Gasteiger partial charge in [-0.3, -0.25) is 14.3 Å². The van der Waals surface area contributed by atoms with E-state index < -0.39 is 36.1 Å². The number of aryl methyl sites for hydroxylation is 1. The molecular weight excluding hydrogens is 493 g/mol. The van der Waals surface area contributed by atoms with Crippen molar-refractivity contribution in [1.82, 2.24) is 19.1 Å². The van der Waals surface area contributed by atoms with Gasteiger partial charge in [-0.15, -0.1) is 0 Å². The maximum absolute atomic E-state index is 13.3. The summed E-state index contributed by atoms with van der Waals surface area (Å²) in [5.74, 6) is 0.542. The maximum Gasteiger partial charge on any atom is 0.392 e. The van der Waals surface area contributed by atoms with Gasteiger partial charge in [0.2, 0.25) is 0 Å². The molecular formula is C25H25F3N4O5. The number of imidazole rings is 1. The van der Waals surface area contributed by atoms with Crippen LogP contribution in [0.2, 0.25) is 0 Å². The van der Waals surface area contributed by atoms with E-state index >= 15 is 0 Å². The highest BCUT2D eigenvalue weighted by Gasteiger charge is 2.34. The van der Waals surface area contributed by atoms with Gasteiger partial charge in [0.25, 0.3) is 5.56 Å². The molecule has 0 fully saturated rings. The number of ether oxygens (including phenoxy) is 2. The van der Waals surface area contributed by atoms with Crippen LogP contribution in [-0.4, -0.2) is 43.6 Å². The summed E-state index contributed by atoms with van der Waals surface area (Å²) in [5.41, 5.74) is -0.333. The van der Waals surface area contributed by atoms with Crippen LogP contribution in [0, 0.1) is 0 Å². The Hall–Kier alpha value is -4.06. The Morgan fingerprint density at radius 2 is 1.81 bits per heavy atom. The predicted molar refractivity (Wildman–Crippen MR) is 130 cm³/mol. The monoisotopic (exact) mass is 518 g/mol. The van der Waals surface area contributed by atoms with Gasteiger partial charge in [-0.05, 0) is 30.7 Å². The Balaban J connectivity index is 1.77. The number of halogens is 3. The number of H-pyrrole nitrogens is 1. The number of methoxy groups -OCH3 is 1. The molecule has 2 unspecified atom stereocenters. The lowest BCUT2D eigenvalue weighted by Gasteiger charge is -2.22.